The van der Waals surface area contributed by atoms with Crippen molar-refractivity contribution in [2.75, 3.05) is 0 Å². The minimum atomic E-state index is 0.581. The molecule has 23 heavy (non-hydrogen) atoms. The molecule has 2 aromatic carbocycles. The van der Waals surface area contributed by atoms with E-state index in [4.69, 9.17) is 28.6 Å². The molecular weight excluding hydrogens is 327 g/mol. The zero-order valence-corrected chi connectivity index (χ0v) is 14.1. The monoisotopic (exact) mass is 342 g/mol. The lowest BCUT2D eigenvalue weighted by Crippen LogP contribution is -2.18. The van der Waals surface area contributed by atoms with Gasteiger partial charge in [0.1, 0.15) is 0 Å². The Morgan fingerprint density at radius 1 is 1.00 bits per heavy atom. The van der Waals surface area contributed by atoms with E-state index in [0.29, 0.717) is 15.4 Å². The molecule has 0 aliphatic heterocycles. The highest BCUT2D eigenvalue weighted by Crippen LogP contribution is 2.27. The Kier molecular flexibility index (Phi) is 3.67. The number of pyridine rings is 1. The van der Waals surface area contributed by atoms with Crippen molar-refractivity contribution in [1.82, 2.24) is 4.57 Å². The normalized spacial score (nSPS) is 13.5. The van der Waals surface area contributed by atoms with Crippen molar-refractivity contribution < 1.29 is 0 Å². The maximum absolute atomic E-state index is 8.51. The van der Waals surface area contributed by atoms with Gasteiger partial charge in [-0.3, -0.25) is 5.41 Å². The summed E-state index contributed by atoms with van der Waals surface area (Å²) >= 11 is 12.2. The largest absolute Gasteiger partial charge is 0.340 e. The molecule has 0 fully saturated rings. The minimum absolute atomic E-state index is 0.581. The number of nitrogens with zero attached hydrogens (tertiary/aromatic N) is 1. The summed E-state index contributed by atoms with van der Waals surface area (Å²) in [6.07, 6.45) is 3.16. The van der Waals surface area contributed by atoms with E-state index in [1.165, 1.54) is 11.3 Å². The molecule has 1 N–H and O–H groups in total. The molecule has 1 aliphatic rings. The Morgan fingerprint density at radius 2 is 1.83 bits per heavy atom. The van der Waals surface area contributed by atoms with Crippen molar-refractivity contribution >= 4 is 34.1 Å². The van der Waals surface area contributed by atoms with Gasteiger partial charge in [0.2, 0.25) is 0 Å². The first-order valence-electron chi connectivity index (χ1n) is 7.77. The predicted molar refractivity (Wildman–Crippen MR) is 95.4 cm³/mol. The van der Waals surface area contributed by atoms with Crippen molar-refractivity contribution in [3.8, 4) is 0 Å². The number of halogens is 2. The number of fused-ring (bicyclic) bond motifs is 2. The van der Waals surface area contributed by atoms with E-state index in [9.17, 15) is 0 Å². The molecule has 1 aromatic heterocycles. The van der Waals surface area contributed by atoms with Gasteiger partial charge in [-0.2, -0.15) is 0 Å². The van der Waals surface area contributed by atoms with Gasteiger partial charge in [-0.05, 0) is 48.6 Å². The van der Waals surface area contributed by atoms with Crippen LogP contribution in [0.3, 0.4) is 0 Å². The zero-order chi connectivity index (χ0) is 16.0. The predicted octanol–water partition coefficient (Wildman–Crippen LogP) is 4.96. The van der Waals surface area contributed by atoms with Crippen molar-refractivity contribution in [1.29, 1.82) is 5.41 Å². The second kappa shape index (κ2) is 5.70. The lowest BCUT2D eigenvalue weighted by molar-refractivity contribution is 0.760. The van der Waals surface area contributed by atoms with E-state index in [1.807, 2.05) is 36.4 Å². The SMILES string of the molecule is N=c1c2c(n(Cc3ccc(Cl)c(Cl)c3)c3ccccc13)CCC2. The number of para-hydroxylation sites is 1. The van der Waals surface area contributed by atoms with Crippen LogP contribution in [0.2, 0.25) is 10.0 Å². The van der Waals surface area contributed by atoms with Gasteiger partial charge in [-0.1, -0.05) is 47.5 Å². The number of nitrogens with one attached hydrogen (secondary N) is 1. The molecule has 0 amide bonds. The highest BCUT2D eigenvalue weighted by Gasteiger charge is 2.19. The molecule has 0 radical (unpaired) electrons. The number of rotatable bonds is 2. The Balaban J connectivity index is 1.94. The molecule has 3 aromatic rings. The van der Waals surface area contributed by atoms with E-state index in [1.54, 1.807) is 0 Å². The van der Waals surface area contributed by atoms with E-state index in [-0.39, 0.29) is 0 Å². The van der Waals surface area contributed by atoms with Gasteiger partial charge >= 0.3 is 0 Å². The standard InChI is InChI=1S/C19H16Cl2N2/c20-15-9-8-12(10-16(15)21)11-23-17-6-2-1-4-13(17)19(22)14-5-3-7-18(14)23/h1-2,4,6,8-10,22H,3,5,7,11H2. The van der Waals surface area contributed by atoms with Crippen LogP contribution in [0.25, 0.3) is 10.9 Å². The molecule has 0 spiro atoms. The Hall–Kier alpha value is -1.77. The topological polar surface area (TPSA) is 28.8 Å². The first-order chi connectivity index (χ1) is 11.1. The Labute approximate surface area is 144 Å². The van der Waals surface area contributed by atoms with Crippen LogP contribution in [-0.2, 0) is 19.4 Å². The van der Waals surface area contributed by atoms with Crippen molar-refractivity contribution in [2.24, 2.45) is 0 Å². The van der Waals surface area contributed by atoms with Crippen LogP contribution in [0.1, 0.15) is 23.2 Å². The van der Waals surface area contributed by atoms with Crippen LogP contribution in [0.15, 0.2) is 42.5 Å². The molecule has 2 nitrogen and oxygen atoms in total. The summed E-state index contributed by atoms with van der Waals surface area (Å²) in [6, 6.07) is 14.0. The summed E-state index contributed by atoms with van der Waals surface area (Å²) in [5.74, 6) is 0. The van der Waals surface area contributed by atoms with Gasteiger partial charge in [0, 0.05) is 17.6 Å². The first kappa shape index (κ1) is 14.8. The summed E-state index contributed by atoms with van der Waals surface area (Å²) in [6.45, 7) is 0.750. The second-order valence-corrected chi connectivity index (χ2v) is 6.82. The molecule has 4 rings (SSSR count). The van der Waals surface area contributed by atoms with Gasteiger partial charge < -0.3 is 4.57 Å². The molecule has 0 saturated heterocycles. The number of benzene rings is 2. The lowest BCUT2D eigenvalue weighted by Gasteiger charge is -2.18. The second-order valence-electron chi connectivity index (χ2n) is 6.01. The van der Waals surface area contributed by atoms with E-state index >= 15 is 0 Å². The number of aromatic nitrogens is 1. The summed E-state index contributed by atoms with van der Waals surface area (Å²) in [4.78, 5) is 0. The van der Waals surface area contributed by atoms with E-state index in [2.05, 4.69) is 10.6 Å². The maximum Gasteiger partial charge on any atom is 0.0682 e. The fraction of sp³-hybridized carbons (Fsp3) is 0.211. The molecule has 116 valence electrons. The Morgan fingerprint density at radius 3 is 2.65 bits per heavy atom. The van der Waals surface area contributed by atoms with E-state index in [0.717, 1.165) is 42.3 Å². The van der Waals surface area contributed by atoms with Crippen LogP contribution in [0.4, 0.5) is 0 Å². The summed E-state index contributed by atoms with van der Waals surface area (Å²) in [7, 11) is 0. The molecule has 1 aliphatic carbocycles. The quantitative estimate of drug-likeness (QED) is 0.681. The van der Waals surface area contributed by atoms with Crippen LogP contribution in [0.5, 0.6) is 0 Å². The molecule has 4 heteroatoms. The highest BCUT2D eigenvalue weighted by molar-refractivity contribution is 6.42. The summed E-state index contributed by atoms with van der Waals surface area (Å²) in [5.41, 5.74) is 4.73. The molecule has 0 saturated carbocycles. The van der Waals surface area contributed by atoms with Gasteiger partial charge in [-0.15, -0.1) is 0 Å². The van der Waals surface area contributed by atoms with Crippen LogP contribution < -0.4 is 5.36 Å². The van der Waals surface area contributed by atoms with Gasteiger partial charge in [0.25, 0.3) is 0 Å². The van der Waals surface area contributed by atoms with E-state index < -0.39 is 0 Å². The van der Waals surface area contributed by atoms with Gasteiger partial charge in [0.15, 0.2) is 0 Å². The van der Waals surface area contributed by atoms with Gasteiger partial charge in [0.05, 0.1) is 20.9 Å². The van der Waals surface area contributed by atoms with Gasteiger partial charge in [-0.25, -0.2) is 0 Å². The van der Waals surface area contributed by atoms with Crippen LogP contribution in [-0.4, -0.2) is 4.57 Å². The molecule has 0 bridgehead atoms. The zero-order valence-electron chi connectivity index (χ0n) is 12.6. The maximum atomic E-state index is 8.51. The summed E-state index contributed by atoms with van der Waals surface area (Å²) in [5, 5.41) is 11.4. The fourth-order valence-corrected chi connectivity index (χ4v) is 3.85. The number of hydrogen-bond donors (Lipinski definition) is 1. The lowest BCUT2D eigenvalue weighted by atomic mass is 10.1. The molecule has 0 atom stereocenters. The first-order valence-corrected chi connectivity index (χ1v) is 8.52. The van der Waals surface area contributed by atoms with Crippen molar-refractivity contribution in [3.63, 3.8) is 0 Å². The van der Waals surface area contributed by atoms with Crippen molar-refractivity contribution in [2.45, 2.75) is 25.8 Å². The third kappa shape index (κ3) is 2.46. The van der Waals surface area contributed by atoms with Crippen molar-refractivity contribution in [3.05, 3.63) is 74.7 Å². The number of hydrogen-bond acceptors (Lipinski definition) is 1. The average molecular weight is 343 g/mol. The average Bonchev–Trinajstić information content (AvgIpc) is 3.04. The third-order valence-corrected chi connectivity index (χ3v) is 5.34. The van der Waals surface area contributed by atoms with Crippen LogP contribution in [0, 0.1) is 5.41 Å². The molecule has 1 heterocycles. The fourth-order valence-electron chi connectivity index (χ4n) is 3.52. The molecular formula is C19H16Cl2N2. The summed E-state index contributed by atoms with van der Waals surface area (Å²) < 4.78 is 2.34. The highest BCUT2D eigenvalue weighted by atomic mass is 35.5. The minimum Gasteiger partial charge on any atom is -0.340 e. The molecule has 0 unspecified atom stereocenters. The smallest absolute Gasteiger partial charge is 0.0682 e. The Bertz CT molecular complexity index is 973. The van der Waals surface area contributed by atoms with Crippen LogP contribution >= 0.6 is 23.2 Å². The third-order valence-electron chi connectivity index (χ3n) is 4.61.